The molecule has 0 fully saturated rings. The van der Waals surface area contributed by atoms with Gasteiger partial charge in [0.2, 0.25) is 0 Å². The zero-order chi connectivity index (χ0) is 28.6. The molecule has 5 aromatic carbocycles. The lowest BCUT2D eigenvalue weighted by Gasteiger charge is -2.21. The maximum absolute atomic E-state index is 14.5. The van der Waals surface area contributed by atoms with E-state index in [0.717, 1.165) is 16.6 Å². The number of para-hydroxylation sites is 1. The second kappa shape index (κ2) is 8.92. The fourth-order valence-electron chi connectivity index (χ4n) is 6.63. The first-order chi connectivity index (χ1) is 20.4. The Labute approximate surface area is 241 Å². The first kappa shape index (κ1) is 24.6. The highest BCUT2D eigenvalue weighted by Gasteiger charge is 2.40. The maximum Gasteiger partial charge on any atom is 0.160 e. The van der Waals surface area contributed by atoms with E-state index in [1.165, 1.54) is 52.0 Å². The Balaban J connectivity index is 1.44. The van der Waals surface area contributed by atoms with Gasteiger partial charge in [0.15, 0.2) is 5.82 Å². The number of halogens is 2. The van der Waals surface area contributed by atoms with Crippen LogP contribution < -0.4 is 0 Å². The van der Waals surface area contributed by atoms with Crippen molar-refractivity contribution in [3.05, 3.63) is 138 Å². The molecule has 1 aliphatic rings. The molecule has 2 aromatic heterocycles. The summed E-state index contributed by atoms with van der Waals surface area (Å²) in [4.78, 5) is 9.72. The predicted octanol–water partition coefficient (Wildman–Crippen LogP) is 9.49. The van der Waals surface area contributed by atoms with Crippen LogP contribution in [-0.2, 0) is 5.41 Å². The van der Waals surface area contributed by atoms with Crippen LogP contribution in [0.25, 0.3) is 61.4 Å². The minimum absolute atomic E-state index is 0.163. The van der Waals surface area contributed by atoms with E-state index in [9.17, 15) is 8.78 Å². The van der Waals surface area contributed by atoms with Crippen molar-refractivity contribution in [3.8, 4) is 39.6 Å². The van der Waals surface area contributed by atoms with Crippen molar-refractivity contribution in [1.29, 1.82) is 0 Å². The second-order valence-electron chi connectivity index (χ2n) is 11.4. The van der Waals surface area contributed by atoms with Gasteiger partial charge in [-0.2, -0.15) is 0 Å². The summed E-state index contributed by atoms with van der Waals surface area (Å²) in [7, 11) is 0. The third kappa shape index (κ3) is 3.56. The average molecular weight is 550 g/mol. The number of aromatic nitrogens is 3. The van der Waals surface area contributed by atoms with Crippen molar-refractivity contribution in [2.24, 2.45) is 0 Å². The van der Waals surface area contributed by atoms with Crippen LogP contribution in [0.3, 0.4) is 0 Å². The molecule has 0 unspecified atom stereocenters. The lowest BCUT2D eigenvalue weighted by molar-refractivity contribution is 0.628. The van der Waals surface area contributed by atoms with E-state index in [1.54, 1.807) is 18.2 Å². The molecule has 7 aromatic rings. The van der Waals surface area contributed by atoms with Gasteiger partial charge in [-0.25, -0.2) is 18.7 Å². The van der Waals surface area contributed by atoms with Crippen molar-refractivity contribution in [2.75, 3.05) is 0 Å². The van der Waals surface area contributed by atoms with E-state index < -0.39 is 0 Å². The summed E-state index contributed by atoms with van der Waals surface area (Å²) in [6.07, 6.45) is 0. The quantitative estimate of drug-likeness (QED) is 0.220. The third-order valence-corrected chi connectivity index (χ3v) is 8.47. The van der Waals surface area contributed by atoms with Crippen molar-refractivity contribution in [1.82, 2.24) is 14.5 Å². The van der Waals surface area contributed by atoms with Crippen LogP contribution in [0.15, 0.2) is 115 Å². The van der Waals surface area contributed by atoms with Crippen molar-refractivity contribution in [2.45, 2.75) is 19.3 Å². The number of hydrogen-bond donors (Lipinski definition) is 0. The van der Waals surface area contributed by atoms with Crippen LogP contribution in [0.5, 0.6) is 0 Å². The van der Waals surface area contributed by atoms with Crippen LogP contribution in [0, 0.1) is 11.6 Å². The molecule has 0 amide bonds. The van der Waals surface area contributed by atoms with Gasteiger partial charge < -0.3 is 4.57 Å². The fraction of sp³-hybridized carbons (Fsp3) is 0.0811. The normalized spacial score (nSPS) is 13.4. The first-order valence-electron chi connectivity index (χ1n) is 14.0. The van der Waals surface area contributed by atoms with Crippen LogP contribution in [0.4, 0.5) is 8.78 Å². The maximum atomic E-state index is 14.5. The van der Waals surface area contributed by atoms with Gasteiger partial charge in [0.1, 0.15) is 11.6 Å². The molecule has 0 spiro atoms. The topological polar surface area (TPSA) is 30.7 Å². The van der Waals surface area contributed by atoms with Gasteiger partial charge in [-0.3, -0.25) is 0 Å². The Morgan fingerprint density at radius 3 is 2.17 bits per heavy atom. The number of nitrogens with zero attached hydrogens (tertiary/aromatic N) is 3. The fourth-order valence-corrected chi connectivity index (χ4v) is 6.63. The number of hydrogen-bond acceptors (Lipinski definition) is 2. The summed E-state index contributed by atoms with van der Waals surface area (Å²) in [5, 5.41) is 2.01. The largest absolute Gasteiger partial charge is 0.309 e. The molecule has 8 rings (SSSR count). The van der Waals surface area contributed by atoms with E-state index >= 15 is 0 Å². The molecule has 5 heteroatoms. The second-order valence-corrected chi connectivity index (χ2v) is 11.4. The molecule has 0 saturated carbocycles. The monoisotopic (exact) mass is 549 g/mol. The lowest BCUT2D eigenvalue weighted by Crippen LogP contribution is -2.14. The van der Waals surface area contributed by atoms with E-state index in [1.807, 2.05) is 12.1 Å². The highest BCUT2D eigenvalue weighted by atomic mass is 19.1. The van der Waals surface area contributed by atoms with E-state index in [4.69, 9.17) is 9.97 Å². The van der Waals surface area contributed by atoms with Crippen LogP contribution in [-0.4, -0.2) is 14.5 Å². The molecule has 0 atom stereocenters. The zero-order valence-corrected chi connectivity index (χ0v) is 23.1. The molecule has 0 aliphatic heterocycles. The highest BCUT2D eigenvalue weighted by Crippen LogP contribution is 2.53. The van der Waals surface area contributed by atoms with Gasteiger partial charge in [-0.05, 0) is 59.7 Å². The molecule has 0 saturated heterocycles. The Morgan fingerprint density at radius 2 is 1.36 bits per heavy atom. The minimum Gasteiger partial charge on any atom is -0.309 e. The van der Waals surface area contributed by atoms with Crippen molar-refractivity contribution < 1.29 is 8.78 Å². The summed E-state index contributed by atoms with van der Waals surface area (Å²) in [6, 6.07) is 35.9. The lowest BCUT2D eigenvalue weighted by atomic mass is 9.81. The standard InChI is InChI=1S/C37H25F2N3/c1-37(2)30-15-5-3-13-27(30)35-33(37)28-14-4-6-16-32(28)42(35)26-17-18-31-29(21-26)34(22-9-7-11-24(38)19-22)41-36(40-31)23-10-8-12-25(39)20-23/h3-21H,1-2H3. The molecule has 0 N–H and O–H groups in total. The molecule has 1 aliphatic carbocycles. The Hall–Kier alpha value is -5.16. The minimum atomic E-state index is -0.365. The summed E-state index contributed by atoms with van der Waals surface area (Å²) in [6.45, 7) is 4.58. The van der Waals surface area contributed by atoms with Gasteiger partial charge in [0.25, 0.3) is 0 Å². The van der Waals surface area contributed by atoms with E-state index in [2.05, 4.69) is 79.1 Å². The molecule has 42 heavy (non-hydrogen) atoms. The van der Waals surface area contributed by atoms with Crippen LogP contribution in [0.1, 0.15) is 25.0 Å². The summed E-state index contributed by atoms with van der Waals surface area (Å²) >= 11 is 0. The van der Waals surface area contributed by atoms with Crippen molar-refractivity contribution in [3.63, 3.8) is 0 Å². The molecule has 202 valence electrons. The Bertz CT molecular complexity index is 2210. The van der Waals surface area contributed by atoms with Gasteiger partial charge >= 0.3 is 0 Å². The SMILES string of the molecule is CC1(C)c2ccccc2-c2c1c1ccccc1n2-c1ccc2nc(-c3cccc(F)c3)nc(-c3cccc(F)c3)c2c1. The smallest absolute Gasteiger partial charge is 0.160 e. The van der Waals surface area contributed by atoms with Gasteiger partial charge in [-0.1, -0.05) is 80.6 Å². The predicted molar refractivity (Wildman–Crippen MR) is 165 cm³/mol. The molecule has 0 radical (unpaired) electrons. The zero-order valence-electron chi connectivity index (χ0n) is 23.1. The first-order valence-corrected chi connectivity index (χ1v) is 14.0. The van der Waals surface area contributed by atoms with E-state index in [-0.39, 0.29) is 17.0 Å². The highest BCUT2D eigenvalue weighted by molar-refractivity contribution is 6.01. The molecular formula is C37H25F2N3. The molecule has 3 nitrogen and oxygen atoms in total. The van der Waals surface area contributed by atoms with Gasteiger partial charge in [0.05, 0.1) is 22.4 Å². The van der Waals surface area contributed by atoms with Gasteiger partial charge in [-0.15, -0.1) is 0 Å². The van der Waals surface area contributed by atoms with Crippen LogP contribution in [0.2, 0.25) is 0 Å². The summed E-state index contributed by atoms with van der Waals surface area (Å²) < 4.78 is 30.9. The van der Waals surface area contributed by atoms with Crippen molar-refractivity contribution >= 4 is 21.8 Å². The third-order valence-electron chi connectivity index (χ3n) is 8.47. The number of benzene rings is 5. The van der Waals surface area contributed by atoms with E-state index in [0.29, 0.717) is 28.2 Å². The van der Waals surface area contributed by atoms with Crippen LogP contribution >= 0.6 is 0 Å². The Kier molecular flexibility index (Phi) is 5.23. The molecular weight excluding hydrogens is 524 g/mol. The number of fused-ring (bicyclic) bond motifs is 6. The summed E-state index contributed by atoms with van der Waals surface area (Å²) in [5.41, 5.74) is 9.41. The molecule has 0 bridgehead atoms. The average Bonchev–Trinajstić information content (AvgIpc) is 3.47. The molecule has 2 heterocycles. The summed E-state index contributed by atoms with van der Waals surface area (Å²) in [5.74, 6) is -0.330. The van der Waals surface area contributed by atoms with Gasteiger partial charge in [0, 0.05) is 38.6 Å². The number of rotatable bonds is 3. The Morgan fingerprint density at radius 1 is 0.643 bits per heavy atom.